The van der Waals surface area contributed by atoms with E-state index in [1.807, 2.05) is 0 Å². The Morgan fingerprint density at radius 3 is 2.53 bits per heavy atom. The summed E-state index contributed by atoms with van der Waals surface area (Å²) < 4.78 is 27.3. The van der Waals surface area contributed by atoms with Gasteiger partial charge in [0.15, 0.2) is 0 Å². The molecule has 1 unspecified atom stereocenters. The molecule has 0 aliphatic heterocycles. The van der Waals surface area contributed by atoms with Gasteiger partial charge in [0.2, 0.25) is 0 Å². The lowest BCUT2D eigenvalue weighted by atomic mass is 9.79. The second-order valence-electron chi connectivity index (χ2n) is 5.00. The van der Waals surface area contributed by atoms with Gasteiger partial charge in [-0.3, -0.25) is 0 Å². The molecule has 1 aliphatic rings. The van der Waals surface area contributed by atoms with Crippen LogP contribution in [0.3, 0.4) is 0 Å². The summed E-state index contributed by atoms with van der Waals surface area (Å²) in [5, 5.41) is 3.10. The third-order valence-corrected chi connectivity index (χ3v) is 3.80. The molecule has 3 heteroatoms. The van der Waals surface area contributed by atoms with Crippen LogP contribution in [-0.4, -0.2) is 7.05 Å². The Kier molecular flexibility index (Phi) is 3.77. The number of benzene rings is 1. The minimum Gasteiger partial charge on any atom is -0.313 e. The van der Waals surface area contributed by atoms with E-state index in [1.54, 1.807) is 14.0 Å². The van der Waals surface area contributed by atoms with Crippen LogP contribution in [0.15, 0.2) is 12.1 Å². The van der Waals surface area contributed by atoms with Crippen molar-refractivity contribution in [3.05, 3.63) is 34.9 Å². The number of hydrogen-bond donors (Lipinski definition) is 1. The summed E-state index contributed by atoms with van der Waals surface area (Å²) in [5.74, 6) is 0.0362. The quantitative estimate of drug-likeness (QED) is 0.844. The largest absolute Gasteiger partial charge is 0.313 e. The normalized spacial score (nSPS) is 17.9. The highest BCUT2D eigenvalue weighted by molar-refractivity contribution is 5.27. The molecule has 0 heterocycles. The summed E-state index contributed by atoms with van der Waals surface area (Å²) in [6.45, 7) is 1.59. The minimum atomic E-state index is -0.324. The van der Waals surface area contributed by atoms with E-state index >= 15 is 0 Å². The van der Waals surface area contributed by atoms with Crippen LogP contribution in [-0.2, 0) is 0 Å². The molecule has 17 heavy (non-hydrogen) atoms. The van der Waals surface area contributed by atoms with Gasteiger partial charge in [0.1, 0.15) is 11.6 Å². The van der Waals surface area contributed by atoms with Gasteiger partial charge >= 0.3 is 0 Å². The Morgan fingerprint density at radius 1 is 1.29 bits per heavy atom. The summed E-state index contributed by atoms with van der Waals surface area (Å²) in [6, 6.07) is 2.55. The first-order valence-electron chi connectivity index (χ1n) is 6.24. The molecule has 0 amide bonds. The van der Waals surface area contributed by atoms with E-state index in [4.69, 9.17) is 0 Å². The highest BCUT2D eigenvalue weighted by Crippen LogP contribution is 2.35. The predicted octanol–water partition coefficient (Wildman–Crippen LogP) is 3.72. The molecule has 0 bridgehead atoms. The van der Waals surface area contributed by atoms with Crippen molar-refractivity contribution in [2.24, 2.45) is 5.92 Å². The van der Waals surface area contributed by atoms with Crippen molar-refractivity contribution in [2.45, 2.75) is 38.6 Å². The molecule has 0 aromatic heterocycles. The zero-order valence-corrected chi connectivity index (χ0v) is 10.4. The molecule has 1 N–H and O–H groups in total. The maximum Gasteiger partial charge on any atom is 0.128 e. The van der Waals surface area contributed by atoms with Gasteiger partial charge in [-0.05, 0) is 44.0 Å². The lowest BCUT2D eigenvalue weighted by Crippen LogP contribution is -2.24. The number of aryl methyl sites for hydroxylation is 1. The number of hydrogen-bond acceptors (Lipinski definition) is 1. The lowest BCUT2D eigenvalue weighted by molar-refractivity contribution is 0.263. The SMILES string of the molecule is CNC(CC1CCC1)c1cc(F)c(C)cc1F. The van der Waals surface area contributed by atoms with Gasteiger partial charge in [0.25, 0.3) is 0 Å². The molecule has 2 rings (SSSR count). The van der Waals surface area contributed by atoms with Gasteiger partial charge < -0.3 is 5.32 Å². The average molecular weight is 239 g/mol. The van der Waals surface area contributed by atoms with E-state index in [1.165, 1.54) is 31.4 Å². The molecular weight excluding hydrogens is 220 g/mol. The van der Waals surface area contributed by atoms with E-state index in [2.05, 4.69) is 5.32 Å². The summed E-state index contributed by atoms with van der Waals surface area (Å²) in [4.78, 5) is 0. The van der Waals surface area contributed by atoms with Crippen molar-refractivity contribution < 1.29 is 8.78 Å². The van der Waals surface area contributed by atoms with E-state index in [0.29, 0.717) is 17.0 Å². The van der Waals surface area contributed by atoms with E-state index in [9.17, 15) is 8.78 Å². The zero-order chi connectivity index (χ0) is 12.4. The highest BCUT2D eigenvalue weighted by atomic mass is 19.1. The average Bonchev–Trinajstić information content (AvgIpc) is 2.23. The Bertz CT molecular complexity index is 399. The predicted molar refractivity (Wildman–Crippen MR) is 64.9 cm³/mol. The number of rotatable bonds is 4. The molecule has 0 saturated heterocycles. The van der Waals surface area contributed by atoms with Crippen LogP contribution >= 0.6 is 0 Å². The van der Waals surface area contributed by atoms with Gasteiger partial charge in [-0.25, -0.2) is 8.78 Å². The fraction of sp³-hybridized carbons (Fsp3) is 0.571. The smallest absolute Gasteiger partial charge is 0.128 e. The second kappa shape index (κ2) is 5.13. The topological polar surface area (TPSA) is 12.0 Å². The molecule has 1 saturated carbocycles. The van der Waals surface area contributed by atoms with Crippen molar-refractivity contribution >= 4 is 0 Å². The molecule has 0 spiro atoms. The first kappa shape index (κ1) is 12.5. The van der Waals surface area contributed by atoms with Gasteiger partial charge in [-0.1, -0.05) is 19.3 Å². The standard InChI is InChI=1S/C14H19F2N/c1-9-6-13(16)11(8-12(9)15)14(17-2)7-10-4-3-5-10/h6,8,10,14,17H,3-5,7H2,1-2H3. The monoisotopic (exact) mass is 239 g/mol. The highest BCUT2D eigenvalue weighted by Gasteiger charge is 2.24. The van der Waals surface area contributed by atoms with Crippen molar-refractivity contribution in [3.8, 4) is 0 Å². The van der Waals surface area contributed by atoms with Crippen molar-refractivity contribution in [1.29, 1.82) is 0 Å². The summed E-state index contributed by atoms with van der Waals surface area (Å²) >= 11 is 0. The third-order valence-electron chi connectivity index (χ3n) is 3.80. The summed E-state index contributed by atoms with van der Waals surface area (Å²) in [5.41, 5.74) is 0.826. The molecule has 1 aliphatic carbocycles. The molecule has 1 aromatic carbocycles. The minimum absolute atomic E-state index is 0.0737. The fourth-order valence-corrected chi connectivity index (χ4v) is 2.39. The first-order chi connectivity index (χ1) is 8.11. The van der Waals surface area contributed by atoms with Gasteiger partial charge in [0.05, 0.1) is 0 Å². The van der Waals surface area contributed by atoms with Crippen molar-refractivity contribution in [1.82, 2.24) is 5.32 Å². The Labute approximate surface area is 101 Å². The zero-order valence-electron chi connectivity index (χ0n) is 10.4. The molecule has 94 valence electrons. The lowest BCUT2D eigenvalue weighted by Gasteiger charge is -2.30. The Hall–Kier alpha value is -0.960. The Morgan fingerprint density at radius 2 is 2.00 bits per heavy atom. The Balaban J connectivity index is 2.19. The van der Waals surface area contributed by atoms with Crippen LogP contribution in [0.2, 0.25) is 0 Å². The van der Waals surface area contributed by atoms with Crippen LogP contribution in [0.4, 0.5) is 8.78 Å². The fourth-order valence-electron chi connectivity index (χ4n) is 2.39. The van der Waals surface area contributed by atoms with Crippen LogP contribution in [0, 0.1) is 24.5 Å². The van der Waals surface area contributed by atoms with E-state index in [0.717, 1.165) is 6.42 Å². The van der Waals surface area contributed by atoms with E-state index in [-0.39, 0.29) is 17.7 Å². The van der Waals surface area contributed by atoms with Gasteiger partial charge in [-0.2, -0.15) is 0 Å². The number of halogens is 2. The molecule has 1 nitrogen and oxygen atoms in total. The summed E-state index contributed by atoms with van der Waals surface area (Å²) in [6.07, 6.45) is 4.60. The third kappa shape index (κ3) is 2.65. The molecule has 0 radical (unpaired) electrons. The number of nitrogens with one attached hydrogen (secondary N) is 1. The summed E-state index contributed by atoms with van der Waals surface area (Å²) in [7, 11) is 1.81. The van der Waals surface area contributed by atoms with Crippen molar-refractivity contribution in [2.75, 3.05) is 7.05 Å². The molecule has 1 atom stereocenters. The van der Waals surface area contributed by atoms with Crippen LogP contribution in [0.5, 0.6) is 0 Å². The van der Waals surface area contributed by atoms with Crippen LogP contribution in [0.1, 0.15) is 42.9 Å². The molecule has 1 aromatic rings. The van der Waals surface area contributed by atoms with Crippen molar-refractivity contribution in [3.63, 3.8) is 0 Å². The molecular formula is C14H19F2N. The molecule has 1 fully saturated rings. The second-order valence-corrected chi connectivity index (χ2v) is 5.00. The van der Waals surface area contributed by atoms with E-state index < -0.39 is 0 Å². The van der Waals surface area contributed by atoms with Crippen LogP contribution in [0.25, 0.3) is 0 Å². The first-order valence-corrected chi connectivity index (χ1v) is 6.24. The van der Waals surface area contributed by atoms with Gasteiger partial charge in [0, 0.05) is 11.6 Å². The maximum absolute atomic E-state index is 13.8. The van der Waals surface area contributed by atoms with Crippen LogP contribution < -0.4 is 5.32 Å². The maximum atomic E-state index is 13.8. The van der Waals surface area contributed by atoms with Gasteiger partial charge in [-0.15, -0.1) is 0 Å².